The summed E-state index contributed by atoms with van der Waals surface area (Å²) in [4.78, 5) is 37.6. The van der Waals surface area contributed by atoms with E-state index in [-0.39, 0.29) is 37.2 Å². The van der Waals surface area contributed by atoms with Crippen LogP contribution in [0, 0.1) is 11.8 Å². The maximum absolute atomic E-state index is 12.9. The second kappa shape index (κ2) is 15.6. The summed E-state index contributed by atoms with van der Waals surface area (Å²) in [5.74, 6) is -1.31. The number of nitrogens with two attached hydrogens (primary N) is 1. The maximum atomic E-state index is 12.9. The Kier molecular flexibility index (Phi) is 14.6. The van der Waals surface area contributed by atoms with Crippen LogP contribution < -0.4 is 16.4 Å². The smallest absolute Gasteiger partial charge is 0.328 e. The van der Waals surface area contributed by atoms with Gasteiger partial charge in [0, 0.05) is 12.5 Å². The minimum absolute atomic E-state index is 0. The van der Waals surface area contributed by atoms with Gasteiger partial charge in [-0.15, -0.1) is 12.4 Å². The molecule has 0 aliphatic rings. The highest BCUT2D eigenvalue weighted by molar-refractivity contribution is 5.91. The first-order chi connectivity index (χ1) is 15.0. The van der Waals surface area contributed by atoms with Crippen LogP contribution in [0.3, 0.4) is 0 Å². The molecule has 9 heteroatoms. The van der Waals surface area contributed by atoms with Crippen molar-refractivity contribution in [1.82, 2.24) is 10.6 Å². The van der Waals surface area contributed by atoms with Crippen molar-refractivity contribution >= 4 is 30.2 Å². The lowest BCUT2D eigenvalue weighted by Gasteiger charge is -2.25. The van der Waals surface area contributed by atoms with Gasteiger partial charge in [-0.25, -0.2) is 4.79 Å². The number of rotatable bonds is 13. The number of esters is 1. The second-order valence-corrected chi connectivity index (χ2v) is 9.05. The highest BCUT2D eigenvalue weighted by Gasteiger charge is 2.30. The van der Waals surface area contributed by atoms with Crippen LogP contribution in [0.2, 0.25) is 0 Å². The molecule has 5 N–H and O–H groups in total. The molecule has 0 aliphatic carbocycles. The van der Waals surface area contributed by atoms with Gasteiger partial charge in [-0.2, -0.15) is 0 Å². The number of halogens is 1. The molecule has 0 heterocycles. The van der Waals surface area contributed by atoms with Crippen molar-refractivity contribution in [3.05, 3.63) is 35.9 Å². The number of methoxy groups -OCH3 is 1. The van der Waals surface area contributed by atoms with E-state index in [9.17, 15) is 19.5 Å². The van der Waals surface area contributed by atoms with Gasteiger partial charge in [0.1, 0.15) is 12.1 Å². The number of aliphatic hydroxyl groups excluding tert-OH is 1. The number of carbonyl (C=O) groups is 3. The quantitative estimate of drug-likeness (QED) is 0.316. The predicted molar refractivity (Wildman–Crippen MR) is 131 cm³/mol. The largest absolute Gasteiger partial charge is 0.467 e. The number of amides is 2. The molecule has 0 aliphatic heterocycles. The van der Waals surface area contributed by atoms with E-state index in [1.165, 1.54) is 7.11 Å². The van der Waals surface area contributed by atoms with E-state index in [1.54, 1.807) is 13.8 Å². The summed E-state index contributed by atoms with van der Waals surface area (Å²) in [6.07, 6.45) is 0.301. The van der Waals surface area contributed by atoms with Crippen LogP contribution in [0.5, 0.6) is 0 Å². The third-order valence-electron chi connectivity index (χ3n) is 5.12. The number of ether oxygens (including phenoxy) is 1. The Morgan fingerprint density at radius 1 is 1.03 bits per heavy atom. The molecule has 1 rings (SSSR count). The fraction of sp³-hybridized carbons (Fsp3) is 0.625. The molecule has 1 aromatic carbocycles. The van der Waals surface area contributed by atoms with Crippen molar-refractivity contribution in [3.8, 4) is 0 Å². The molecule has 0 saturated carbocycles. The zero-order valence-corrected chi connectivity index (χ0v) is 21.1. The summed E-state index contributed by atoms with van der Waals surface area (Å²) in [7, 11) is 1.26. The maximum Gasteiger partial charge on any atom is 0.328 e. The lowest BCUT2D eigenvalue weighted by Crippen LogP contribution is -2.54. The second-order valence-electron chi connectivity index (χ2n) is 9.05. The molecule has 0 saturated heterocycles. The number of nitrogens with one attached hydrogen (secondary N) is 2. The fourth-order valence-electron chi connectivity index (χ4n) is 3.56. The first kappa shape index (κ1) is 30.8. The van der Waals surface area contributed by atoms with E-state index >= 15 is 0 Å². The van der Waals surface area contributed by atoms with Gasteiger partial charge in [0.15, 0.2) is 0 Å². The van der Waals surface area contributed by atoms with Crippen molar-refractivity contribution in [2.75, 3.05) is 7.11 Å². The molecule has 0 fully saturated rings. The van der Waals surface area contributed by atoms with E-state index in [4.69, 9.17) is 10.5 Å². The van der Waals surface area contributed by atoms with Crippen molar-refractivity contribution in [1.29, 1.82) is 0 Å². The van der Waals surface area contributed by atoms with Crippen molar-refractivity contribution in [2.24, 2.45) is 17.6 Å². The summed E-state index contributed by atoms with van der Waals surface area (Å²) in [5.41, 5.74) is 6.88. The Labute approximate surface area is 203 Å². The predicted octanol–water partition coefficient (Wildman–Crippen LogP) is 1.96. The highest BCUT2D eigenvalue weighted by atomic mass is 35.5. The number of hydrogen-bond acceptors (Lipinski definition) is 6. The molecular formula is C24H40ClN3O5. The minimum Gasteiger partial charge on any atom is -0.467 e. The van der Waals surface area contributed by atoms with Crippen LogP contribution in [-0.2, 0) is 25.5 Å². The Morgan fingerprint density at radius 2 is 1.64 bits per heavy atom. The molecule has 8 nitrogen and oxygen atoms in total. The molecule has 1 aromatic rings. The fourth-order valence-corrected chi connectivity index (χ4v) is 3.56. The van der Waals surface area contributed by atoms with Crippen LogP contribution in [-0.4, -0.2) is 54.2 Å². The van der Waals surface area contributed by atoms with Crippen LogP contribution >= 0.6 is 12.4 Å². The lowest BCUT2D eigenvalue weighted by molar-refractivity contribution is -0.145. The summed E-state index contributed by atoms with van der Waals surface area (Å²) in [6.45, 7) is 7.68. The van der Waals surface area contributed by atoms with Crippen LogP contribution in [0.15, 0.2) is 30.3 Å². The third kappa shape index (κ3) is 12.0. The SMILES string of the molecule is COC(=O)[C@@H](Cc1ccccc1)NC(=O)[C@H](NC(=O)CC(O)CC(N)CC(C)C)C(C)C.Cl. The number of benzene rings is 1. The van der Waals surface area contributed by atoms with Gasteiger partial charge >= 0.3 is 5.97 Å². The molecule has 0 bridgehead atoms. The number of carbonyl (C=O) groups excluding carboxylic acids is 3. The Bertz CT molecular complexity index is 730. The van der Waals surface area contributed by atoms with Gasteiger partial charge < -0.3 is 26.2 Å². The third-order valence-corrected chi connectivity index (χ3v) is 5.12. The van der Waals surface area contributed by atoms with E-state index in [2.05, 4.69) is 10.6 Å². The molecule has 33 heavy (non-hydrogen) atoms. The van der Waals surface area contributed by atoms with Gasteiger partial charge in [-0.1, -0.05) is 58.0 Å². The number of aliphatic hydroxyl groups is 1. The van der Waals surface area contributed by atoms with Crippen molar-refractivity contribution in [3.63, 3.8) is 0 Å². The molecule has 2 unspecified atom stereocenters. The van der Waals surface area contributed by atoms with Gasteiger partial charge in [0.25, 0.3) is 0 Å². The molecule has 2 amide bonds. The molecule has 188 valence electrons. The van der Waals surface area contributed by atoms with Crippen LogP contribution in [0.25, 0.3) is 0 Å². The van der Waals surface area contributed by atoms with Crippen LogP contribution in [0.4, 0.5) is 0 Å². The van der Waals surface area contributed by atoms with Crippen LogP contribution in [0.1, 0.15) is 52.5 Å². The van der Waals surface area contributed by atoms with Gasteiger partial charge in [-0.3, -0.25) is 9.59 Å². The van der Waals surface area contributed by atoms with Crippen molar-refractivity contribution < 1.29 is 24.2 Å². The monoisotopic (exact) mass is 485 g/mol. The summed E-state index contributed by atoms with van der Waals surface area (Å²) in [6, 6.07) is 7.34. The summed E-state index contributed by atoms with van der Waals surface area (Å²) >= 11 is 0. The minimum atomic E-state index is -0.888. The first-order valence-electron chi connectivity index (χ1n) is 11.2. The average molecular weight is 486 g/mol. The molecule has 4 atom stereocenters. The normalized spacial score (nSPS) is 14.6. The zero-order chi connectivity index (χ0) is 24.3. The topological polar surface area (TPSA) is 131 Å². The van der Waals surface area contributed by atoms with Gasteiger partial charge in [-0.05, 0) is 30.2 Å². The van der Waals surface area contributed by atoms with Gasteiger partial charge in [0.2, 0.25) is 11.8 Å². The highest BCUT2D eigenvalue weighted by Crippen LogP contribution is 2.11. The number of hydrogen-bond donors (Lipinski definition) is 4. The average Bonchev–Trinajstić information content (AvgIpc) is 2.70. The molecule has 0 spiro atoms. The standard InChI is InChI=1S/C24H39N3O5.ClH/c1-15(2)11-18(25)13-19(28)14-21(29)27-22(16(3)4)23(30)26-20(24(31)32-5)12-17-9-7-6-8-10-17;/h6-10,15-16,18-20,22,28H,11-14,25H2,1-5H3,(H,26,30)(H,27,29);1H/t18?,19?,20-,22-;/m1./s1. The Hall–Kier alpha value is -2.16. The van der Waals surface area contributed by atoms with E-state index < -0.39 is 36.0 Å². The molecular weight excluding hydrogens is 446 g/mol. The molecule has 0 radical (unpaired) electrons. The van der Waals surface area contributed by atoms with E-state index in [0.717, 1.165) is 12.0 Å². The summed E-state index contributed by atoms with van der Waals surface area (Å²) in [5, 5.41) is 15.6. The lowest BCUT2D eigenvalue weighted by atomic mass is 9.97. The molecule has 0 aromatic heterocycles. The van der Waals surface area contributed by atoms with E-state index in [1.807, 2.05) is 44.2 Å². The summed E-state index contributed by atoms with van der Waals surface area (Å²) < 4.78 is 4.84. The Balaban J connectivity index is 0.0000102. The van der Waals surface area contributed by atoms with E-state index in [0.29, 0.717) is 12.3 Å². The van der Waals surface area contributed by atoms with Gasteiger partial charge in [0.05, 0.1) is 19.6 Å². The Morgan fingerprint density at radius 3 is 2.15 bits per heavy atom. The zero-order valence-electron chi connectivity index (χ0n) is 20.2. The first-order valence-corrected chi connectivity index (χ1v) is 11.2. The van der Waals surface area contributed by atoms with Crippen molar-refractivity contribution in [2.45, 2.75) is 77.6 Å².